The van der Waals surface area contributed by atoms with Gasteiger partial charge in [0, 0.05) is 30.2 Å². The lowest BCUT2D eigenvalue weighted by atomic mass is 10.1. The molecule has 0 bridgehead atoms. The van der Waals surface area contributed by atoms with E-state index in [1.807, 2.05) is 11.7 Å². The Morgan fingerprint density at radius 3 is 3.31 bits per heavy atom. The van der Waals surface area contributed by atoms with Gasteiger partial charge in [0.1, 0.15) is 0 Å². The van der Waals surface area contributed by atoms with Gasteiger partial charge in [0.05, 0.1) is 5.51 Å². The second-order valence-corrected chi connectivity index (χ2v) is 4.58. The van der Waals surface area contributed by atoms with E-state index in [0.29, 0.717) is 6.04 Å². The molecule has 2 rings (SSSR count). The lowest BCUT2D eigenvalue weighted by Gasteiger charge is -2.29. The van der Waals surface area contributed by atoms with Gasteiger partial charge in [0.15, 0.2) is 0 Å². The summed E-state index contributed by atoms with van der Waals surface area (Å²) in [6.07, 6.45) is 4.37. The molecule has 0 amide bonds. The second kappa shape index (κ2) is 4.17. The topological polar surface area (TPSA) is 42.1 Å². The summed E-state index contributed by atoms with van der Waals surface area (Å²) in [5.74, 6) is 0. The molecule has 0 radical (unpaired) electrons. The highest BCUT2D eigenvalue weighted by Gasteiger charge is 2.16. The van der Waals surface area contributed by atoms with Crippen LogP contribution in [0.15, 0.2) is 11.7 Å². The van der Waals surface area contributed by atoms with Crippen molar-refractivity contribution in [3.05, 3.63) is 16.6 Å². The molecule has 1 aromatic heterocycles. The maximum atomic E-state index is 5.90. The van der Waals surface area contributed by atoms with Crippen LogP contribution in [0.3, 0.4) is 0 Å². The summed E-state index contributed by atoms with van der Waals surface area (Å²) in [6, 6.07) is 0.377. The number of aromatic nitrogens is 1. The number of likely N-dealkylation sites (tertiary alicyclic amines) is 1. The lowest BCUT2D eigenvalue weighted by molar-refractivity contribution is 0.203. The molecule has 1 aliphatic rings. The Labute approximate surface area is 82.6 Å². The molecule has 0 aliphatic carbocycles. The molecule has 1 atom stereocenters. The van der Waals surface area contributed by atoms with Gasteiger partial charge in [-0.3, -0.25) is 9.88 Å². The standard InChI is InChI=1S/C9H15N3S/c10-8-2-1-3-12(5-8)6-9-4-11-7-13-9/h4,7-8H,1-3,5-6,10H2/t8-/m1/s1. The van der Waals surface area contributed by atoms with Crippen molar-refractivity contribution in [3.63, 3.8) is 0 Å². The minimum atomic E-state index is 0.377. The molecule has 0 spiro atoms. The van der Waals surface area contributed by atoms with E-state index in [4.69, 9.17) is 5.73 Å². The summed E-state index contributed by atoms with van der Waals surface area (Å²) >= 11 is 1.72. The first-order chi connectivity index (χ1) is 6.34. The fourth-order valence-corrected chi connectivity index (χ4v) is 2.41. The first kappa shape index (κ1) is 9.12. The molecule has 0 aromatic carbocycles. The molecule has 72 valence electrons. The number of rotatable bonds is 2. The zero-order valence-electron chi connectivity index (χ0n) is 7.65. The third kappa shape index (κ3) is 2.49. The van der Waals surface area contributed by atoms with E-state index >= 15 is 0 Å². The summed E-state index contributed by atoms with van der Waals surface area (Å²) in [4.78, 5) is 7.83. The van der Waals surface area contributed by atoms with E-state index < -0.39 is 0 Å². The Kier molecular flexibility index (Phi) is 2.93. The largest absolute Gasteiger partial charge is 0.327 e. The fraction of sp³-hybridized carbons (Fsp3) is 0.667. The molecule has 2 heterocycles. The van der Waals surface area contributed by atoms with Gasteiger partial charge in [0.25, 0.3) is 0 Å². The smallest absolute Gasteiger partial charge is 0.0794 e. The summed E-state index contributed by atoms with van der Waals surface area (Å²) in [5, 5.41) is 0. The van der Waals surface area contributed by atoms with Crippen molar-refractivity contribution in [2.24, 2.45) is 5.73 Å². The van der Waals surface area contributed by atoms with Gasteiger partial charge >= 0.3 is 0 Å². The van der Waals surface area contributed by atoms with Crippen molar-refractivity contribution in [3.8, 4) is 0 Å². The second-order valence-electron chi connectivity index (χ2n) is 3.61. The van der Waals surface area contributed by atoms with Gasteiger partial charge in [-0.2, -0.15) is 0 Å². The van der Waals surface area contributed by atoms with Crippen molar-refractivity contribution in [1.29, 1.82) is 0 Å². The van der Waals surface area contributed by atoms with E-state index in [1.165, 1.54) is 24.3 Å². The summed E-state index contributed by atoms with van der Waals surface area (Å²) < 4.78 is 0. The maximum Gasteiger partial charge on any atom is 0.0794 e. The normalized spacial score (nSPS) is 24.8. The third-order valence-electron chi connectivity index (χ3n) is 2.40. The molecule has 1 fully saturated rings. The predicted octanol–water partition coefficient (Wildman–Crippen LogP) is 1.07. The molecule has 1 aromatic rings. The Balaban J connectivity index is 1.87. The van der Waals surface area contributed by atoms with E-state index in [0.717, 1.165) is 13.1 Å². The molecule has 0 saturated carbocycles. The Bertz CT molecular complexity index is 247. The van der Waals surface area contributed by atoms with Crippen molar-refractivity contribution in [1.82, 2.24) is 9.88 Å². The van der Waals surface area contributed by atoms with Gasteiger partial charge in [-0.25, -0.2) is 0 Å². The third-order valence-corrected chi connectivity index (χ3v) is 3.17. The number of piperidine rings is 1. The molecule has 3 nitrogen and oxygen atoms in total. The molecule has 2 N–H and O–H groups in total. The number of hydrogen-bond donors (Lipinski definition) is 1. The maximum absolute atomic E-state index is 5.90. The van der Waals surface area contributed by atoms with Gasteiger partial charge < -0.3 is 5.73 Å². The molecular weight excluding hydrogens is 182 g/mol. The fourth-order valence-electron chi connectivity index (χ4n) is 1.78. The molecule has 1 saturated heterocycles. The zero-order valence-corrected chi connectivity index (χ0v) is 8.46. The van der Waals surface area contributed by atoms with Crippen LogP contribution in [0, 0.1) is 0 Å². The minimum absolute atomic E-state index is 0.377. The van der Waals surface area contributed by atoms with Gasteiger partial charge in [-0.1, -0.05) is 0 Å². The molecule has 13 heavy (non-hydrogen) atoms. The molecule has 1 aliphatic heterocycles. The number of nitrogens with two attached hydrogens (primary N) is 1. The quantitative estimate of drug-likeness (QED) is 0.771. The molecule has 4 heteroatoms. The summed E-state index contributed by atoms with van der Waals surface area (Å²) in [6.45, 7) is 3.25. The van der Waals surface area contributed by atoms with Crippen molar-refractivity contribution >= 4 is 11.3 Å². The predicted molar refractivity (Wildman–Crippen MR) is 54.6 cm³/mol. The average Bonchev–Trinajstić information content (AvgIpc) is 2.57. The Morgan fingerprint density at radius 1 is 1.69 bits per heavy atom. The van der Waals surface area contributed by atoms with Crippen LogP contribution in [-0.4, -0.2) is 29.0 Å². The van der Waals surface area contributed by atoms with Crippen LogP contribution in [0.4, 0.5) is 0 Å². The van der Waals surface area contributed by atoms with Crippen LogP contribution in [-0.2, 0) is 6.54 Å². The van der Waals surface area contributed by atoms with Crippen LogP contribution < -0.4 is 5.73 Å². The van der Waals surface area contributed by atoms with Crippen LogP contribution in [0.25, 0.3) is 0 Å². The number of hydrogen-bond acceptors (Lipinski definition) is 4. The van der Waals surface area contributed by atoms with E-state index in [1.54, 1.807) is 11.3 Å². The monoisotopic (exact) mass is 197 g/mol. The summed E-state index contributed by atoms with van der Waals surface area (Å²) in [7, 11) is 0. The minimum Gasteiger partial charge on any atom is -0.327 e. The first-order valence-electron chi connectivity index (χ1n) is 4.70. The lowest BCUT2D eigenvalue weighted by Crippen LogP contribution is -2.42. The van der Waals surface area contributed by atoms with Crippen molar-refractivity contribution < 1.29 is 0 Å². The van der Waals surface area contributed by atoms with Crippen LogP contribution in [0.5, 0.6) is 0 Å². The highest BCUT2D eigenvalue weighted by atomic mass is 32.1. The number of thiazole rings is 1. The highest BCUT2D eigenvalue weighted by Crippen LogP contribution is 2.14. The van der Waals surface area contributed by atoms with Crippen LogP contribution >= 0.6 is 11.3 Å². The van der Waals surface area contributed by atoms with Crippen LogP contribution in [0.1, 0.15) is 17.7 Å². The SMILES string of the molecule is N[C@@H]1CCCN(Cc2cncs2)C1. The number of nitrogens with zero attached hydrogens (tertiary/aromatic N) is 2. The van der Waals surface area contributed by atoms with Gasteiger partial charge in [-0.15, -0.1) is 11.3 Å². The summed E-state index contributed by atoms with van der Waals surface area (Å²) in [5.41, 5.74) is 7.79. The van der Waals surface area contributed by atoms with E-state index in [9.17, 15) is 0 Å². The van der Waals surface area contributed by atoms with Gasteiger partial charge in [0.2, 0.25) is 0 Å². The molecular formula is C9H15N3S. The van der Waals surface area contributed by atoms with Crippen LogP contribution in [0.2, 0.25) is 0 Å². The first-order valence-corrected chi connectivity index (χ1v) is 5.58. The highest BCUT2D eigenvalue weighted by molar-refractivity contribution is 7.09. The molecule has 0 unspecified atom stereocenters. The van der Waals surface area contributed by atoms with E-state index in [-0.39, 0.29) is 0 Å². The van der Waals surface area contributed by atoms with E-state index in [2.05, 4.69) is 9.88 Å². The Hall–Kier alpha value is -0.450. The van der Waals surface area contributed by atoms with Gasteiger partial charge in [-0.05, 0) is 19.4 Å². The van der Waals surface area contributed by atoms with Crippen molar-refractivity contribution in [2.45, 2.75) is 25.4 Å². The van der Waals surface area contributed by atoms with Crippen molar-refractivity contribution in [2.75, 3.05) is 13.1 Å². The average molecular weight is 197 g/mol. The zero-order chi connectivity index (χ0) is 9.10. The Morgan fingerprint density at radius 2 is 2.62 bits per heavy atom.